The Morgan fingerprint density at radius 2 is 1.95 bits per heavy atom. The minimum Gasteiger partial charge on any atom is -0.379 e. The molecule has 0 bridgehead atoms. The molecular formula is C13H9Cl2FN2O2. The van der Waals surface area contributed by atoms with Crippen LogP contribution in [0.25, 0.3) is 0 Å². The number of nitro benzene ring substituents is 1. The molecule has 0 fully saturated rings. The molecule has 0 heterocycles. The summed E-state index contributed by atoms with van der Waals surface area (Å²) in [4.78, 5) is 10.2. The number of hydrogen-bond acceptors (Lipinski definition) is 3. The van der Waals surface area contributed by atoms with Crippen LogP contribution in [0.3, 0.4) is 0 Å². The monoisotopic (exact) mass is 314 g/mol. The summed E-state index contributed by atoms with van der Waals surface area (Å²) in [6, 6.07) is 8.32. The summed E-state index contributed by atoms with van der Waals surface area (Å²) in [7, 11) is 0. The molecule has 104 valence electrons. The Balaban J connectivity index is 2.18. The van der Waals surface area contributed by atoms with Gasteiger partial charge in [0, 0.05) is 28.7 Å². The van der Waals surface area contributed by atoms with Crippen LogP contribution in [0.1, 0.15) is 5.56 Å². The Hall–Kier alpha value is -1.85. The minimum atomic E-state index is -0.511. The highest BCUT2D eigenvalue weighted by atomic mass is 35.5. The van der Waals surface area contributed by atoms with Crippen LogP contribution in [0.5, 0.6) is 0 Å². The molecule has 0 aromatic heterocycles. The van der Waals surface area contributed by atoms with E-state index >= 15 is 0 Å². The van der Waals surface area contributed by atoms with Gasteiger partial charge in [-0.1, -0.05) is 23.2 Å². The van der Waals surface area contributed by atoms with Crippen LogP contribution < -0.4 is 5.32 Å². The molecule has 1 N–H and O–H groups in total. The number of nitrogens with one attached hydrogen (secondary N) is 1. The first kappa shape index (κ1) is 14.6. The first-order valence-corrected chi connectivity index (χ1v) is 6.34. The maximum Gasteiger partial charge on any atom is 0.269 e. The summed E-state index contributed by atoms with van der Waals surface area (Å²) in [6.07, 6.45) is 0. The third-order valence-electron chi connectivity index (χ3n) is 2.64. The lowest BCUT2D eigenvalue weighted by atomic mass is 10.2. The Bertz CT molecular complexity index is 665. The fourth-order valence-electron chi connectivity index (χ4n) is 1.63. The SMILES string of the molecule is O=[N+]([O-])c1ccc(Cl)c(CNc2ccc(Cl)cc2F)c1. The van der Waals surface area contributed by atoms with Crippen LogP contribution in [-0.2, 0) is 6.54 Å². The van der Waals surface area contributed by atoms with Crippen LogP contribution >= 0.6 is 23.2 Å². The van der Waals surface area contributed by atoms with Crippen LogP contribution in [0.4, 0.5) is 15.8 Å². The number of hydrogen-bond donors (Lipinski definition) is 1. The van der Waals surface area contributed by atoms with Crippen LogP contribution in [0.2, 0.25) is 10.0 Å². The summed E-state index contributed by atoms with van der Waals surface area (Å²) in [6.45, 7) is 0.166. The molecule has 7 heteroatoms. The molecule has 2 rings (SSSR count). The molecule has 0 saturated carbocycles. The average Bonchev–Trinajstić information content (AvgIpc) is 2.39. The van der Waals surface area contributed by atoms with Crippen molar-refractivity contribution in [2.24, 2.45) is 0 Å². The lowest BCUT2D eigenvalue weighted by molar-refractivity contribution is -0.384. The van der Waals surface area contributed by atoms with Crippen molar-refractivity contribution in [2.45, 2.75) is 6.54 Å². The van der Waals surface area contributed by atoms with E-state index in [1.165, 1.54) is 30.3 Å². The van der Waals surface area contributed by atoms with Gasteiger partial charge in [0.15, 0.2) is 0 Å². The lowest BCUT2D eigenvalue weighted by Gasteiger charge is -2.09. The molecule has 0 aliphatic heterocycles. The van der Waals surface area contributed by atoms with E-state index in [9.17, 15) is 14.5 Å². The van der Waals surface area contributed by atoms with E-state index in [0.29, 0.717) is 15.6 Å². The quantitative estimate of drug-likeness (QED) is 0.660. The van der Waals surface area contributed by atoms with Crippen molar-refractivity contribution in [2.75, 3.05) is 5.32 Å². The molecular weight excluding hydrogens is 306 g/mol. The molecule has 4 nitrogen and oxygen atoms in total. The van der Waals surface area contributed by atoms with E-state index in [1.807, 2.05) is 0 Å². The van der Waals surface area contributed by atoms with Gasteiger partial charge in [-0.05, 0) is 29.8 Å². The van der Waals surface area contributed by atoms with Gasteiger partial charge in [0.25, 0.3) is 5.69 Å². The summed E-state index contributed by atoms with van der Waals surface area (Å²) < 4.78 is 13.6. The van der Waals surface area contributed by atoms with Crippen molar-refractivity contribution in [1.29, 1.82) is 0 Å². The molecule has 0 atom stereocenters. The number of nitrogens with zero attached hydrogens (tertiary/aromatic N) is 1. The van der Waals surface area contributed by atoms with E-state index in [2.05, 4.69) is 5.32 Å². The fraction of sp³-hybridized carbons (Fsp3) is 0.0769. The zero-order valence-corrected chi connectivity index (χ0v) is 11.6. The Morgan fingerprint density at radius 3 is 2.60 bits per heavy atom. The van der Waals surface area contributed by atoms with Gasteiger partial charge in [-0.2, -0.15) is 0 Å². The largest absolute Gasteiger partial charge is 0.379 e. The average molecular weight is 315 g/mol. The fourth-order valence-corrected chi connectivity index (χ4v) is 1.98. The van der Waals surface area contributed by atoms with Crippen molar-refractivity contribution in [3.05, 3.63) is 67.9 Å². The van der Waals surface area contributed by atoms with Crippen LogP contribution in [0.15, 0.2) is 36.4 Å². The number of anilines is 1. The van der Waals surface area contributed by atoms with Crippen molar-refractivity contribution < 1.29 is 9.31 Å². The van der Waals surface area contributed by atoms with Crippen LogP contribution in [-0.4, -0.2) is 4.92 Å². The molecule has 2 aromatic carbocycles. The van der Waals surface area contributed by atoms with Gasteiger partial charge in [0.2, 0.25) is 0 Å². The van der Waals surface area contributed by atoms with Crippen molar-refractivity contribution in [3.63, 3.8) is 0 Å². The minimum absolute atomic E-state index is 0.0669. The van der Waals surface area contributed by atoms with Gasteiger partial charge in [0.05, 0.1) is 10.6 Å². The maximum absolute atomic E-state index is 13.6. The number of halogens is 3. The predicted octanol–water partition coefficient (Wildman–Crippen LogP) is 4.65. The highest BCUT2D eigenvalue weighted by Gasteiger charge is 2.10. The van der Waals surface area contributed by atoms with E-state index in [-0.39, 0.29) is 17.9 Å². The number of rotatable bonds is 4. The van der Waals surface area contributed by atoms with E-state index in [0.717, 1.165) is 0 Å². The first-order chi connectivity index (χ1) is 9.47. The van der Waals surface area contributed by atoms with E-state index in [4.69, 9.17) is 23.2 Å². The second-order valence-corrected chi connectivity index (χ2v) is 4.85. The van der Waals surface area contributed by atoms with Crippen LogP contribution in [0, 0.1) is 15.9 Å². The number of non-ortho nitro benzene ring substituents is 1. The number of nitro groups is 1. The molecule has 0 amide bonds. The molecule has 0 aliphatic carbocycles. The predicted molar refractivity (Wildman–Crippen MR) is 76.8 cm³/mol. The zero-order valence-electron chi connectivity index (χ0n) is 10.1. The highest BCUT2D eigenvalue weighted by Crippen LogP contribution is 2.24. The molecule has 0 unspecified atom stereocenters. The van der Waals surface area contributed by atoms with Crippen molar-refractivity contribution >= 4 is 34.6 Å². The first-order valence-electron chi connectivity index (χ1n) is 5.59. The third-order valence-corrected chi connectivity index (χ3v) is 3.24. The molecule has 0 saturated heterocycles. The standard InChI is InChI=1S/C13H9Cl2FN2O2/c14-9-1-4-13(12(16)6-9)17-7-8-5-10(18(19)20)2-3-11(8)15/h1-6,17H,7H2. The lowest BCUT2D eigenvalue weighted by Crippen LogP contribution is -2.02. The number of benzene rings is 2. The van der Waals surface area contributed by atoms with E-state index in [1.54, 1.807) is 6.07 Å². The topological polar surface area (TPSA) is 55.2 Å². The van der Waals surface area contributed by atoms with Gasteiger partial charge in [-0.3, -0.25) is 10.1 Å². The Morgan fingerprint density at radius 1 is 1.20 bits per heavy atom. The Labute approximate surface area is 124 Å². The second kappa shape index (κ2) is 6.07. The van der Waals surface area contributed by atoms with Gasteiger partial charge in [-0.15, -0.1) is 0 Å². The molecule has 0 spiro atoms. The maximum atomic E-state index is 13.6. The van der Waals surface area contributed by atoms with Gasteiger partial charge in [-0.25, -0.2) is 4.39 Å². The molecule has 0 aliphatic rings. The van der Waals surface area contributed by atoms with Gasteiger partial charge < -0.3 is 5.32 Å². The molecule has 0 radical (unpaired) electrons. The Kier molecular flexibility index (Phi) is 4.42. The summed E-state index contributed by atoms with van der Waals surface area (Å²) in [5.74, 6) is -0.501. The normalized spacial score (nSPS) is 10.3. The summed E-state index contributed by atoms with van der Waals surface area (Å²) >= 11 is 11.6. The molecule has 20 heavy (non-hydrogen) atoms. The van der Waals surface area contributed by atoms with Gasteiger partial charge >= 0.3 is 0 Å². The summed E-state index contributed by atoms with van der Waals surface area (Å²) in [5.41, 5.74) is 0.690. The third kappa shape index (κ3) is 3.37. The zero-order chi connectivity index (χ0) is 14.7. The smallest absolute Gasteiger partial charge is 0.269 e. The van der Waals surface area contributed by atoms with Gasteiger partial charge in [0.1, 0.15) is 5.82 Å². The van der Waals surface area contributed by atoms with E-state index < -0.39 is 10.7 Å². The highest BCUT2D eigenvalue weighted by molar-refractivity contribution is 6.31. The van der Waals surface area contributed by atoms with Crippen molar-refractivity contribution in [1.82, 2.24) is 0 Å². The molecule has 2 aromatic rings. The summed E-state index contributed by atoms with van der Waals surface area (Å²) in [5, 5.41) is 14.2. The second-order valence-electron chi connectivity index (χ2n) is 4.01. The van der Waals surface area contributed by atoms with Crippen molar-refractivity contribution in [3.8, 4) is 0 Å².